The molecule has 0 unspecified atom stereocenters. The number of anilines is 2. The zero-order valence-electron chi connectivity index (χ0n) is 18.6. The SMILES string of the molecule is Cc1ccc(Cc2c(C)nc(C)nc2N2CCN(c3nnc(-c4cccs4)s3)CC2)cc1. The summed E-state index contributed by atoms with van der Waals surface area (Å²) in [5.41, 5.74) is 4.87. The number of piperazine rings is 1. The Balaban J connectivity index is 1.33. The van der Waals surface area contributed by atoms with Crippen molar-refractivity contribution in [2.75, 3.05) is 36.0 Å². The van der Waals surface area contributed by atoms with E-state index in [1.54, 1.807) is 22.7 Å². The van der Waals surface area contributed by atoms with E-state index < -0.39 is 0 Å². The lowest BCUT2D eigenvalue weighted by atomic mass is 10.0. The summed E-state index contributed by atoms with van der Waals surface area (Å²) in [6.45, 7) is 9.84. The fourth-order valence-corrected chi connectivity index (χ4v) is 5.74. The molecule has 1 aromatic carbocycles. The first-order valence-electron chi connectivity index (χ1n) is 10.8. The highest BCUT2D eigenvalue weighted by molar-refractivity contribution is 7.22. The molecule has 0 bridgehead atoms. The van der Waals surface area contributed by atoms with Crippen LogP contribution in [0.5, 0.6) is 0 Å². The summed E-state index contributed by atoms with van der Waals surface area (Å²) in [5, 5.41) is 12.9. The third-order valence-corrected chi connectivity index (χ3v) is 7.82. The molecular weight excluding hydrogens is 436 g/mol. The molecule has 0 aliphatic carbocycles. The molecule has 0 radical (unpaired) electrons. The summed E-state index contributed by atoms with van der Waals surface area (Å²) < 4.78 is 0. The quantitative estimate of drug-likeness (QED) is 0.420. The fraction of sp³-hybridized carbons (Fsp3) is 0.333. The summed E-state index contributed by atoms with van der Waals surface area (Å²) in [7, 11) is 0. The molecule has 6 nitrogen and oxygen atoms in total. The topological polar surface area (TPSA) is 58.0 Å². The van der Waals surface area contributed by atoms with Gasteiger partial charge in [-0.15, -0.1) is 21.5 Å². The number of benzene rings is 1. The highest BCUT2D eigenvalue weighted by Crippen LogP contribution is 2.32. The van der Waals surface area contributed by atoms with Gasteiger partial charge < -0.3 is 9.80 Å². The second kappa shape index (κ2) is 8.96. The van der Waals surface area contributed by atoms with E-state index >= 15 is 0 Å². The Hall–Kier alpha value is -2.84. The molecule has 0 spiro atoms. The number of hydrogen-bond acceptors (Lipinski definition) is 8. The van der Waals surface area contributed by atoms with Crippen LogP contribution in [0.2, 0.25) is 0 Å². The molecule has 4 heterocycles. The molecule has 0 N–H and O–H groups in total. The van der Waals surface area contributed by atoms with Crippen molar-refractivity contribution in [3.05, 3.63) is 70.0 Å². The van der Waals surface area contributed by atoms with E-state index in [0.717, 1.165) is 60.1 Å². The van der Waals surface area contributed by atoms with Crippen LogP contribution in [0.1, 0.15) is 28.2 Å². The Morgan fingerprint density at radius 2 is 1.62 bits per heavy atom. The first kappa shape index (κ1) is 21.0. The van der Waals surface area contributed by atoms with Crippen LogP contribution in [0.25, 0.3) is 9.88 Å². The molecule has 4 aromatic rings. The van der Waals surface area contributed by atoms with Crippen molar-refractivity contribution in [3.8, 4) is 9.88 Å². The number of thiophene rings is 1. The molecule has 0 atom stereocenters. The van der Waals surface area contributed by atoms with E-state index in [0.29, 0.717) is 0 Å². The fourth-order valence-electron chi connectivity index (χ4n) is 4.05. The molecule has 32 heavy (non-hydrogen) atoms. The summed E-state index contributed by atoms with van der Waals surface area (Å²) in [6, 6.07) is 12.9. The van der Waals surface area contributed by atoms with Gasteiger partial charge in [0.05, 0.1) is 4.88 Å². The van der Waals surface area contributed by atoms with Crippen molar-refractivity contribution in [2.45, 2.75) is 27.2 Å². The maximum atomic E-state index is 4.88. The Labute approximate surface area is 196 Å². The molecular formula is C24H26N6S2. The van der Waals surface area contributed by atoms with Gasteiger partial charge in [-0.05, 0) is 37.8 Å². The number of hydrogen-bond donors (Lipinski definition) is 0. The van der Waals surface area contributed by atoms with Crippen LogP contribution in [-0.2, 0) is 6.42 Å². The van der Waals surface area contributed by atoms with Gasteiger partial charge in [0, 0.05) is 43.9 Å². The van der Waals surface area contributed by atoms with E-state index in [-0.39, 0.29) is 0 Å². The number of aryl methyl sites for hydroxylation is 3. The predicted octanol–water partition coefficient (Wildman–Crippen LogP) is 4.90. The molecule has 0 amide bonds. The lowest BCUT2D eigenvalue weighted by Gasteiger charge is -2.36. The van der Waals surface area contributed by atoms with Crippen molar-refractivity contribution in [3.63, 3.8) is 0 Å². The minimum Gasteiger partial charge on any atom is -0.353 e. The molecule has 1 fully saturated rings. The van der Waals surface area contributed by atoms with E-state index in [9.17, 15) is 0 Å². The van der Waals surface area contributed by atoms with Crippen LogP contribution >= 0.6 is 22.7 Å². The van der Waals surface area contributed by atoms with Gasteiger partial charge in [0.25, 0.3) is 0 Å². The smallest absolute Gasteiger partial charge is 0.208 e. The monoisotopic (exact) mass is 462 g/mol. The Bertz CT molecular complexity index is 1190. The van der Waals surface area contributed by atoms with Gasteiger partial charge in [-0.1, -0.05) is 47.2 Å². The average Bonchev–Trinajstić information content (AvgIpc) is 3.49. The van der Waals surface area contributed by atoms with Gasteiger partial charge in [0.2, 0.25) is 5.13 Å². The van der Waals surface area contributed by atoms with Crippen molar-refractivity contribution in [2.24, 2.45) is 0 Å². The maximum Gasteiger partial charge on any atom is 0.208 e. The van der Waals surface area contributed by atoms with Crippen molar-refractivity contribution in [1.82, 2.24) is 20.2 Å². The average molecular weight is 463 g/mol. The van der Waals surface area contributed by atoms with Gasteiger partial charge in [0.1, 0.15) is 11.6 Å². The van der Waals surface area contributed by atoms with E-state index in [2.05, 4.69) is 80.6 Å². The van der Waals surface area contributed by atoms with Crippen LogP contribution in [0.3, 0.4) is 0 Å². The van der Waals surface area contributed by atoms with Crippen molar-refractivity contribution >= 4 is 33.6 Å². The third kappa shape index (κ3) is 4.38. The largest absolute Gasteiger partial charge is 0.353 e. The Morgan fingerprint density at radius 1 is 0.875 bits per heavy atom. The lowest BCUT2D eigenvalue weighted by Crippen LogP contribution is -2.47. The summed E-state index contributed by atoms with van der Waals surface area (Å²) in [5.74, 6) is 1.91. The molecule has 164 valence electrons. The summed E-state index contributed by atoms with van der Waals surface area (Å²) in [6.07, 6.45) is 0.850. The second-order valence-electron chi connectivity index (χ2n) is 8.16. The minimum atomic E-state index is 0.831. The zero-order chi connectivity index (χ0) is 22.1. The van der Waals surface area contributed by atoms with Gasteiger partial charge in [-0.25, -0.2) is 9.97 Å². The van der Waals surface area contributed by atoms with Gasteiger partial charge in [-0.2, -0.15) is 0 Å². The zero-order valence-corrected chi connectivity index (χ0v) is 20.2. The van der Waals surface area contributed by atoms with Crippen LogP contribution in [-0.4, -0.2) is 46.3 Å². The lowest BCUT2D eigenvalue weighted by molar-refractivity contribution is 0.639. The molecule has 8 heteroatoms. The van der Waals surface area contributed by atoms with Crippen LogP contribution in [0.15, 0.2) is 41.8 Å². The maximum absolute atomic E-state index is 4.88. The van der Waals surface area contributed by atoms with Crippen LogP contribution in [0.4, 0.5) is 10.9 Å². The van der Waals surface area contributed by atoms with Gasteiger partial charge in [-0.3, -0.25) is 0 Å². The van der Waals surface area contributed by atoms with E-state index in [1.165, 1.54) is 21.6 Å². The Kier molecular flexibility index (Phi) is 5.89. The molecule has 3 aromatic heterocycles. The standard InChI is InChI=1S/C24H26N6S2/c1-16-6-8-19(9-7-16)15-20-17(2)25-18(3)26-22(20)29-10-12-30(13-11-29)24-28-27-23(32-24)21-5-4-14-31-21/h4-9,14H,10-13,15H2,1-3H3. The summed E-state index contributed by atoms with van der Waals surface area (Å²) >= 11 is 3.38. The van der Waals surface area contributed by atoms with E-state index in [1.807, 2.05) is 6.92 Å². The second-order valence-corrected chi connectivity index (χ2v) is 10.1. The molecule has 1 aliphatic heterocycles. The number of rotatable bonds is 5. The highest BCUT2D eigenvalue weighted by Gasteiger charge is 2.24. The molecule has 1 aliphatic rings. The van der Waals surface area contributed by atoms with Crippen molar-refractivity contribution < 1.29 is 0 Å². The molecule has 0 saturated carbocycles. The summed E-state index contributed by atoms with van der Waals surface area (Å²) in [4.78, 5) is 15.5. The predicted molar refractivity (Wildman–Crippen MR) is 133 cm³/mol. The minimum absolute atomic E-state index is 0.831. The van der Waals surface area contributed by atoms with Crippen LogP contribution in [0, 0.1) is 20.8 Å². The Morgan fingerprint density at radius 3 is 2.34 bits per heavy atom. The van der Waals surface area contributed by atoms with Gasteiger partial charge in [0.15, 0.2) is 5.01 Å². The van der Waals surface area contributed by atoms with E-state index in [4.69, 9.17) is 4.98 Å². The first-order valence-corrected chi connectivity index (χ1v) is 12.5. The molecule has 5 rings (SSSR count). The number of nitrogens with zero attached hydrogens (tertiary/aromatic N) is 6. The third-order valence-electron chi connectivity index (χ3n) is 5.80. The van der Waals surface area contributed by atoms with Gasteiger partial charge >= 0.3 is 0 Å². The highest BCUT2D eigenvalue weighted by atomic mass is 32.1. The first-order chi connectivity index (χ1) is 15.6. The van der Waals surface area contributed by atoms with Crippen LogP contribution < -0.4 is 9.80 Å². The molecule has 1 saturated heterocycles. The van der Waals surface area contributed by atoms with Crippen molar-refractivity contribution in [1.29, 1.82) is 0 Å². The number of aromatic nitrogens is 4. The normalized spacial score (nSPS) is 14.2.